The van der Waals surface area contributed by atoms with Crippen LogP contribution in [0.3, 0.4) is 0 Å². The predicted octanol–water partition coefficient (Wildman–Crippen LogP) is 3.32. The van der Waals surface area contributed by atoms with Crippen LogP contribution < -0.4 is 0 Å². The fourth-order valence-corrected chi connectivity index (χ4v) is 5.35. The Bertz CT molecular complexity index is 902. The van der Waals surface area contributed by atoms with Gasteiger partial charge in [-0.05, 0) is 38.1 Å². The molecule has 1 aliphatic heterocycles. The zero-order valence-electron chi connectivity index (χ0n) is 16.3. The van der Waals surface area contributed by atoms with Crippen molar-refractivity contribution >= 4 is 27.7 Å². The van der Waals surface area contributed by atoms with Crippen molar-refractivity contribution in [3.63, 3.8) is 0 Å². The van der Waals surface area contributed by atoms with Gasteiger partial charge in [-0.25, -0.2) is 8.42 Å². The first-order valence-electron chi connectivity index (χ1n) is 9.40. The van der Waals surface area contributed by atoms with E-state index in [-0.39, 0.29) is 5.91 Å². The molecule has 0 aromatic heterocycles. The molecular formula is C21H26N2O3S2. The molecule has 28 heavy (non-hydrogen) atoms. The van der Waals surface area contributed by atoms with Gasteiger partial charge < -0.3 is 4.90 Å². The van der Waals surface area contributed by atoms with Crippen molar-refractivity contribution in [1.29, 1.82) is 0 Å². The van der Waals surface area contributed by atoms with Crippen molar-refractivity contribution in [2.24, 2.45) is 0 Å². The molecule has 0 radical (unpaired) electrons. The first kappa shape index (κ1) is 20.9. The maximum absolute atomic E-state index is 12.7. The van der Waals surface area contributed by atoms with Gasteiger partial charge in [0.15, 0.2) is 0 Å². The first-order valence-corrected chi connectivity index (χ1v) is 11.8. The summed E-state index contributed by atoms with van der Waals surface area (Å²) in [4.78, 5) is 15.7. The van der Waals surface area contributed by atoms with Crippen molar-refractivity contribution in [3.05, 3.63) is 59.7 Å². The lowest BCUT2D eigenvalue weighted by atomic mass is 10.2. The molecule has 0 spiro atoms. The molecule has 0 aliphatic carbocycles. The molecule has 0 atom stereocenters. The second kappa shape index (κ2) is 9.11. The van der Waals surface area contributed by atoms with Gasteiger partial charge in [0.2, 0.25) is 15.9 Å². The number of benzene rings is 2. The van der Waals surface area contributed by atoms with Gasteiger partial charge in [0.05, 0.1) is 4.90 Å². The molecule has 2 aromatic rings. The van der Waals surface area contributed by atoms with Crippen LogP contribution in [0.2, 0.25) is 0 Å². The molecule has 0 bridgehead atoms. The van der Waals surface area contributed by atoms with E-state index >= 15 is 0 Å². The molecule has 1 heterocycles. The van der Waals surface area contributed by atoms with Crippen LogP contribution in [0.1, 0.15) is 17.5 Å². The number of hydrogen-bond acceptors (Lipinski definition) is 4. The minimum absolute atomic E-state index is 0.0898. The fourth-order valence-electron chi connectivity index (χ4n) is 3.09. The van der Waals surface area contributed by atoms with Crippen molar-refractivity contribution in [2.75, 3.05) is 31.9 Å². The van der Waals surface area contributed by atoms with Gasteiger partial charge in [-0.2, -0.15) is 4.31 Å². The highest BCUT2D eigenvalue weighted by Gasteiger charge is 2.29. The summed E-state index contributed by atoms with van der Waals surface area (Å²) in [6, 6.07) is 15.2. The van der Waals surface area contributed by atoms with Crippen molar-refractivity contribution in [2.45, 2.75) is 30.1 Å². The molecule has 0 unspecified atom stereocenters. The van der Waals surface area contributed by atoms with Crippen molar-refractivity contribution < 1.29 is 13.2 Å². The predicted molar refractivity (Wildman–Crippen MR) is 113 cm³/mol. The maximum atomic E-state index is 12.7. The van der Waals surface area contributed by atoms with E-state index in [1.54, 1.807) is 40.9 Å². The Morgan fingerprint density at radius 1 is 0.893 bits per heavy atom. The summed E-state index contributed by atoms with van der Waals surface area (Å²) in [5.41, 5.74) is 2.25. The van der Waals surface area contributed by atoms with E-state index in [4.69, 9.17) is 0 Å². The number of nitrogens with zero attached hydrogens (tertiary/aromatic N) is 2. The summed E-state index contributed by atoms with van der Waals surface area (Å²) < 4.78 is 27.0. The summed E-state index contributed by atoms with van der Waals surface area (Å²) in [5.74, 6) is 0.816. The minimum Gasteiger partial charge on any atom is -0.340 e. The summed E-state index contributed by atoms with van der Waals surface area (Å²) >= 11 is 1.67. The largest absolute Gasteiger partial charge is 0.340 e. The number of rotatable bonds is 6. The second-order valence-electron chi connectivity index (χ2n) is 7.01. The zero-order valence-corrected chi connectivity index (χ0v) is 17.9. The molecule has 1 fully saturated rings. The van der Waals surface area contributed by atoms with Crippen molar-refractivity contribution in [3.8, 4) is 0 Å². The highest BCUT2D eigenvalue weighted by atomic mass is 32.2. The first-order chi connectivity index (χ1) is 13.4. The molecule has 3 rings (SSSR count). The molecule has 7 heteroatoms. The Hall–Kier alpha value is -1.83. The minimum atomic E-state index is -3.49. The van der Waals surface area contributed by atoms with E-state index in [9.17, 15) is 13.2 Å². The third kappa shape index (κ3) is 5.16. The molecule has 1 amide bonds. The average molecular weight is 419 g/mol. The Morgan fingerprint density at radius 2 is 1.43 bits per heavy atom. The van der Waals surface area contributed by atoms with E-state index in [1.807, 2.05) is 6.92 Å². The standard InChI is InChI=1S/C21H26N2O3S2/c1-17-3-7-19(8-4-17)27-16-11-21(24)22-12-14-23(15-13-22)28(25,26)20-9-5-18(2)6-10-20/h3-10H,11-16H2,1-2H3. The highest BCUT2D eigenvalue weighted by molar-refractivity contribution is 7.99. The van der Waals surface area contributed by atoms with E-state index in [1.165, 1.54) is 9.87 Å². The molecule has 2 aromatic carbocycles. The monoisotopic (exact) mass is 418 g/mol. The lowest BCUT2D eigenvalue weighted by Gasteiger charge is -2.34. The smallest absolute Gasteiger partial charge is 0.243 e. The van der Waals surface area contributed by atoms with Gasteiger partial charge in [0.25, 0.3) is 0 Å². The fraction of sp³-hybridized carbons (Fsp3) is 0.381. The van der Waals surface area contributed by atoms with Crippen LogP contribution in [0.15, 0.2) is 58.3 Å². The van der Waals surface area contributed by atoms with Crippen LogP contribution in [0.25, 0.3) is 0 Å². The molecule has 1 saturated heterocycles. The maximum Gasteiger partial charge on any atom is 0.243 e. The van der Waals surface area contributed by atoms with E-state index in [0.717, 1.165) is 16.2 Å². The lowest BCUT2D eigenvalue weighted by Crippen LogP contribution is -2.50. The van der Waals surface area contributed by atoms with Crippen LogP contribution >= 0.6 is 11.8 Å². The lowest BCUT2D eigenvalue weighted by molar-refractivity contribution is -0.131. The summed E-state index contributed by atoms with van der Waals surface area (Å²) in [6.07, 6.45) is 0.462. The Labute approximate surface area is 171 Å². The van der Waals surface area contributed by atoms with Gasteiger partial charge in [-0.1, -0.05) is 35.4 Å². The molecule has 5 nitrogen and oxygen atoms in total. The van der Waals surface area contributed by atoms with E-state index < -0.39 is 10.0 Å². The zero-order chi connectivity index (χ0) is 20.1. The topological polar surface area (TPSA) is 57.7 Å². The molecule has 150 valence electrons. The van der Waals surface area contributed by atoms with Gasteiger partial charge in [0, 0.05) is 43.2 Å². The Balaban J connectivity index is 1.48. The summed E-state index contributed by atoms with van der Waals surface area (Å²) in [5, 5.41) is 0. The summed E-state index contributed by atoms with van der Waals surface area (Å²) in [7, 11) is -3.49. The number of thioether (sulfide) groups is 1. The Morgan fingerprint density at radius 3 is 2.00 bits per heavy atom. The van der Waals surface area contributed by atoms with E-state index in [0.29, 0.717) is 37.5 Å². The van der Waals surface area contributed by atoms with Gasteiger partial charge in [0.1, 0.15) is 0 Å². The Kier molecular flexibility index (Phi) is 6.80. The number of sulfonamides is 1. The number of aryl methyl sites for hydroxylation is 2. The third-order valence-electron chi connectivity index (χ3n) is 4.86. The summed E-state index contributed by atoms with van der Waals surface area (Å²) in [6.45, 7) is 5.55. The number of carbonyl (C=O) groups excluding carboxylic acids is 1. The van der Waals surface area contributed by atoms with Crippen LogP contribution in [0.5, 0.6) is 0 Å². The molecule has 0 N–H and O–H groups in total. The van der Waals surface area contributed by atoms with Crippen LogP contribution in [0.4, 0.5) is 0 Å². The van der Waals surface area contributed by atoms with Gasteiger partial charge >= 0.3 is 0 Å². The quantitative estimate of drug-likeness (QED) is 0.676. The highest BCUT2D eigenvalue weighted by Crippen LogP contribution is 2.21. The average Bonchev–Trinajstić information content (AvgIpc) is 2.70. The number of hydrogen-bond donors (Lipinski definition) is 0. The van der Waals surface area contributed by atoms with Crippen LogP contribution in [0, 0.1) is 13.8 Å². The van der Waals surface area contributed by atoms with Gasteiger partial charge in [-0.15, -0.1) is 11.8 Å². The normalized spacial score (nSPS) is 15.6. The third-order valence-corrected chi connectivity index (χ3v) is 7.78. The van der Waals surface area contributed by atoms with Crippen LogP contribution in [-0.4, -0.2) is 55.5 Å². The van der Waals surface area contributed by atoms with E-state index in [2.05, 4.69) is 31.2 Å². The number of carbonyl (C=O) groups is 1. The second-order valence-corrected chi connectivity index (χ2v) is 10.1. The van der Waals surface area contributed by atoms with Gasteiger partial charge in [-0.3, -0.25) is 4.79 Å². The van der Waals surface area contributed by atoms with Crippen LogP contribution in [-0.2, 0) is 14.8 Å². The van der Waals surface area contributed by atoms with Crippen molar-refractivity contribution in [1.82, 2.24) is 9.21 Å². The number of piperazine rings is 1. The molecule has 0 saturated carbocycles. The molecular weight excluding hydrogens is 392 g/mol. The molecule has 1 aliphatic rings. The SMILES string of the molecule is Cc1ccc(SCCC(=O)N2CCN(S(=O)(=O)c3ccc(C)cc3)CC2)cc1. The number of amides is 1.